The van der Waals surface area contributed by atoms with Crippen LogP contribution in [-0.2, 0) is 4.79 Å². The highest BCUT2D eigenvalue weighted by Gasteiger charge is 2.37. The van der Waals surface area contributed by atoms with Crippen molar-refractivity contribution in [1.29, 1.82) is 0 Å². The molecule has 0 aromatic rings. The summed E-state index contributed by atoms with van der Waals surface area (Å²) in [4.78, 5) is 10.00. The number of aldehydes is 1. The topological polar surface area (TPSA) is 49.3 Å². The molecule has 0 aromatic carbocycles. The molecule has 0 aliphatic heterocycles. The van der Waals surface area contributed by atoms with Crippen LogP contribution in [0.2, 0.25) is 6.82 Å². The van der Waals surface area contributed by atoms with Crippen LogP contribution in [0.1, 0.15) is 12.8 Å². The van der Waals surface area contributed by atoms with Gasteiger partial charge in [0.25, 0.3) is 0 Å². The number of carbonyl (C=O) groups excluding carboxylic acids is 1. The summed E-state index contributed by atoms with van der Waals surface area (Å²) in [6.45, 7) is 1.69. The van der Waals surface area contributed by atoms with Crippen molar-refractivity contribution >= 4 is 13.3 Å². The van der Waals surface area contributed by atoms with Gasteiger partial charge in [-0.3, -0.25) is 0 Å². The molecule has 0 amide bonds. The summed E-state index contributed by atoms with van der Waals surface area (Å²) in [6.07, 6.45) is 2.60. The maximum Gasteiger partial charge on any atom is 0.373 e. The lowest BCUT2D eigenvalue weighted by molar-refractivity contribution is -0.108. The molecule has 56 valence electrons. The second-order valence-corrected chi connectivity index (χ2v) is 2.85. The number of hydrogen-bond donors (Lipinski definition) is 2. The molecule has 4 heteroatoms. The molecule has 0 spiro atoms. The Morgan fingerprint density at radius 3 is 3.10 bits per heavy atom. The molecule has 1 aliphatic carbocycles. The van der Waals surface area contributed by atoms with Gasteiger partial charge in [-0.15, -0.1) is 0 Å². The third kappa shape index (κ3) is 2.12. The van der Waals surface area contributed by atoms with Crippen LogP contribution in [0.3, 0.4) is 0 Å². The predicted octanol–water partition coefficient (Wildman–Crippen LogP) is -0.336. The van der Waals surface area contributed by atoms with Gasteiger partial charge in [-0.25, -0.2) is 0 Å². The van der Waals surface area contributed by atoms with Gasteiger partial charge in [-0.05, 0) is 19.2 Å². The fraction of sp³-hybridized carbons (Fsp3) is 0.833. The fourth-order valence-corrected chi connectivity index (χ4v) is 1.15. The van der Waals surface area contributed by atoms with Crippen molar-refractivity contribution in [3.05, 3.63) is 0 Å². The summed E-state index contributed by atoms with van der Waals surface area (Å²) in [5, 5.41) is 11.8. The molecule has 1 saturated carbocycles. The third-order valence-electron chi connectivity index (χ3n) is 1.78. The Morgan fingerprint density at radius 1 is 1.90 bits per heavy atom. The van der Waals surface area contributed by atoms with E-state index in [0.29, 0.717) is 18.4 Å². The Bertz CT molecular complexity index is 129. The zero-order chi connectivity index (χ0) is 7.56. The highest BCUT2D eigenvalue weighted by atomic mass is 16.2. The van der Waals surface area contributed by atoms with E-state index < -0.39 is 7.05 Å². The first-order chi connectivity index (χ1) is 4.74. The highest BCUT2D eigenvalue weighted by molar-refractivity contribution is 6.45. The van der Waals surface area contributed by atoms with E-state index in [0.717, 1.165) is 12.7 Å². The van der Waals surface area contributed by atoms with Gasteiger partial charge in [0.1, 0.15) is 6.29 Å². The number of carbonyl (C=O) groups is 1. The first-order valence-electron chi connectivity index (χ1n) is 3.61. The minimum atomic E-state index is -0.443. The van der Waals surface area contributed by atoms with Gasteiger partial charge in [-0.2, -0.15) is 0 Å². The van der Waals surface area contributed by atoms with E-state index in [1.54, 1.807) is 6.82 Å². The molecule has 0 radical (unpaired) electrons. The summed E-state index contributed by atoms with van der Waals surface area (Å²) in [6, 6.07) is 0.380. The molecule has 1 rings (SSSR count). The molecule has 2 unspecified atom stereocenters. The van der Waals surface area contributed by atoms with Crippen LogP contribution in [0, 0.1) is 5.92 Å². The number of nitrogens with one attached hydrogen (secondary N) is 1. The summed E-state index contributed by atoms with van der Waals surface area (Å²) in [5.41, 5.74) is 0. The monoisotopic (exact) mass is 141 g/mol. The molecule has 0 bridgehead atoms. The fourth-order valence-electron chi connectivity index (χ4n) is 1.15. The standard InChI is InChI=1S/C6H12BNO2/c1-7(10)8-6-4-5(6)2-3-9/h3,5-6,8,10H,2,4H2,1H3. The first kappa shape index (κ1) is 7.76. The van der Waals surface area contributed by atoms with E-state index in [9.17, 15) is 4.79 Å². The molecular weight excluding hydrogens is 129 g/mol. The van der Waals surface area contributed by atoms with Crippen LogP contribution >= 0.6 is 0 Å². The highest BCUT2D eigenvalue weighted by Crippen LogP contribution is 2.32. The lowest BCUT2D eigenvalue weighted by Crippen LogP contribution is -2.33. The van der Waals surface area contributed by atoms with E-state index in [2.05, 4.69) is 5.23 Å². The van der Waals surface area contributed by atoms with Gasteiger partial charge in [0, 0.05) is 12.5 Å². The smallest absolute Gasteiger partial charge is 0.373 e. The summed E-state index contributed by atoms with van der Waals surface area (Å²) >= 11 is 0. The summed E-state index contributed by atoms with van der Waals surface area (Å²) < 4.78 is 0. The molecule has 1 fully saturated rings. The van der Waals surface area contributed by atoms with Crippen LogP contribution in [0.5, 0.6) is 0 Å². The zero-order valence-electron chi connectivity index (χ0n) is 6.08. The lowest BCUT2D eigenvalue weighted by atomic mass is 9.88. The van der Waals surface area contributed by atoms with Crippen molar-refractivity contribution in [3.63, 3.8) is 0 Å². The summed E-state index contributed by atoms with van der Waals surface area (Å²) in [7, 11) is -0.443. The lowest BCUT2D eigenvalue weighted by Gasteiger charge is -2.00. The minimum Gasteiger partial charge on any atom is -0.437 e. The Morgan fingerprint density at radius 2 is 2.60 bits per heavy atom. The second kappa shape index (κ2) is 3.17. The Balaban J connectivity index is 2.07. The second-order valence-electron chi connectivity index (χ2n) is 2.85. The maximum absolute atomic E-state index is 10.00. The average Bonchev–Trinajstić information content (AvgIpc) is 2.47. The average molecular weight is 141 g/mol. The van der Waals surface area contributed by atoms with E-state index >= 15 is 0 Å². The predicted molar refractivity (Wildman–Crippen MR) is 39.5 cm³/mol. The van der Waals surface area contributed by atoms with Crippen molar-refractivity contribution in [2.75, 3.05) is 0 Å². The molecule has 0 aromatic heterocycles. The van der Waals surface area contributed by atoms with Gasteiger partial charge in [0.2, 0.25) is 0 Å². The number of rotatable bonds is 4. The van der Waals surface area contributed by atoms with Crippen LogP contribution in [-0.4, -0.2) is 24.4 Å². The van der Waals surface area contributed by atoms with Gasteiger partial charge >= 0.3 is 7.05 Å². The quantitative estimate of drug-likeness (QED) is 0.416. The Labute approximate surface area is 60.9 Å². The molecule has 0 heterocycles. The van der Waals surface area contributed by atoms with Crippen LogP contribution < -0.4 is 5.23 Å². The number of hydrogen-bond acceptors (Lipinski definition) is 3. The molecule has 2 N–H and O–H groups in total. The van der Waals surface area contributed by atoms with Crippen LogP contribution in [0.4, 0.5) is 0 Å². The molecule has 1 aliphatic rings. The normalized spacial score (nSPS) is 29.8. The van der Waals surface area contributed by atoms with Crippen molar-refractivity contribution in [1.82, 2.24) is 5.23 Å². The van der Waals surface area contributed by atoms with E-state index in [-0.39, 0.29) is 0 Å². The Kier molecular flexibility index (Phi) is 2.46. The SMILES string of the molecule is CB(O)NC1CC1CC=O. The van der Waals surface area contributed by atoms with E-state index in [1.165, 1.54) is 0 Å². The molecular formula is C6H12BNO2. The molecule has 3 nitrogen and oxygen atoms in total. The molecule has 0 saturated heterocycles. The van der Waals surface area contributed by atoms with E-state index in [4.69, 9.17) is 5.02 Å². The third-order valence-corrected chi connectivity index (χ3v) is 1.78. The molecule has 2 atom stereocenters. The van der Waals surface area contributed by atoms with Crippen molar-refractivity contribution < 1.29 is 9.82 Å². The first-order valence-corrected chi connectivity index (χ1v) is 3.61. The summed E-state index contributed by atoms with van der Waals surface area (Å²) in [5.74, 6) is 0.479. The van der Waals surface area contributed by atoms with Crippen molar-refractivity contribution in [3.8, 4) is 0 Å². The van der Waals surface area contributed by atoms with Crippen molar-refractivity contribution in [2.24, 2.45) is 5.92 Å². The van der Waals surface area contributed by atoms with E-state index in [1.807, 2.05) is 0 Å². The van der Waals surface area contributed by atoms with Crippen LogP contribution in [0.25, 0.3) is 0 Å². The maximum atomic E-state index is 10.00. The zero-order valence-corrected chi connectivity index (χ0v) is 6.08. The van der Waals surface area contributed by atoms with Gasteiger partial charge in [-0.1, -0.05) is 0 Å². The largest absolute Gasteiger partial charge is 0.437 e. The minimum absolute atomic E-state index is 0.380. The van der Waals surface area contributed by atoms with Gasteiger partial charge in [0.15, 0.2) is 0 Å². The van der Waals surface area contributed by atoms with Crippen LogP contribution in [0.15, 0.2) is 0 Å². The van der Waals surface area contributed by atoms with Gasteiger partial charge < -0.3 is 15.0 Å². The van der Waals surface area contributed by atoms with Crippen molar-refractivity contribution in [2.45, 2.75) is 25.7 Å². The van der Waals surface area contributed by atoms with Gasteiger partial charge in [0.05, 0.1) is 0 Å². The molecule has 10 heavy (non-hydrogen) atoms. The Hall–Kier alpha value is -0.345.